The van der Waals surface area contributed by atoms with Crippen LogP contribution in [0.2, 0.25) is 0 Å². The minimum Gasteiger partial charge on any atom is -0.465 e. The van der Waals surface area contributed by atoms with Crippen LogP contribution in [-0.4, -0.2) is 23.2 Å². The zero-order valence-electron chi connectivity index (χ0n) is 15.6. The molecule has 2 unspecified atom stereocenters. The van der Waals surface area contributed by atoms with Crippen molar-refractivity contribution in [1.82, 2.24) is 9.88 Å². The molecule has 0 amide bonds. The molecular weight excluding hydrogens is 336 g/mol. The Labute approximate surface area is 159 Å². The molecule has 2 atom stereocenters. The number of aryl methyl sites for hydroxylation is 2. The maximum absolute atomic E-state index is 12.6. The fraction of sp³-hybridized carbons (Fsp3) is 0.348. The lowest BCUT2D eigenvalue weighted by molar-refractivity contribution is -0.146. The summed E-state index contributed by atoms with van der Waals surface area (Å²) in [5.41, 5.74) is 6.61. The molecule has 138 valence electrons. The number of esters is 1. The van der Waals surface area contributed by atoms with Crippen LogP contribution in [0, 0.1) is 0 Å². The fourth-order valence-electron chi connectivity index (χ4n) is 4.82. The topological polar surface area (TPSA) is 43.3 Å². The largest absolute Gasteiger partial charge is 0.465 e. The van der Waals surface area contributed by atoms with Gasteiger partial charge in [-0.1, -0.05) is 48.5 Å². The summed E-state index contributed by atoms with van der Waals surface area (Å²) in [6.07, 6.45) is 2.98. The molecule has 0 radical (unpaired) electrons. The van der Waals surface area contributed by atoms with Crippen molar-refractivity contribution in [3.05, 3.63) is 70.9 Å². The first-order chi connectivity index (χ1) is 13.3. The Balaban J connectivity index is 1.73. The summed E-state index contributed by atoms with van der Waals surface area (Å²) in [4.78, 5) is 12.6. The number of carbonyl (C=O) groups is 1. The predicted molar refractivity (Wildman–Crippen MR) is 106 cm³/mol. The first kappa shape index (κ1) is 16.6. The van der Waals surface area contributed by atoms with E-state index in [2.05, 4.69) is 52.3 Å². The van der Waals surface area contributed by atoms with Crippen LogP contribution in [0.15, 0.2) is 48.5 Å². The van der Waals surface area contributed by atoms with E-state index in [4.69, 9.17) is 4.74 Å². The molecule has 0 bridgehead atoms. The number of nitrogens with one attached hydrogen (secondary N) is 1. The van der Waals surface area contributed by atoms with Crippen LogP contribution in [0.5, 0.6) is 0 Å². The third kappa shape index (κ3) is 2.59. The number of carbonyl (C=O) groups excluding carboxylic acids is 1. The molecule has 5 rings (SSSR count). The van der Waals surface area contributed by atoms with Crippen LogP contribution in [-0.2, 0) is 28.9 Å². The maximum Gasteiger partial charge on any atom is 0.323 e. The highest BCUT2D eigenvalue weighted by atomic mass is 16.5. The number of para-hydroxylation sites is 1. The predicted octanol–water partition coefficient (Wildman–Crippen LogP) is 3.75. The van der Waals surface area contributed by atoms with Gasteiger partial charge in [-0.05, 0) is 36.5 Å². The summed E-state index contributed by atoms with van der Waals surface area (Å²) in [5, 5.41) is 4.90. The van der Waals surface area contributed by atoms with Gasteiger partial charge in [0.2, 0.25) is 0 Å². The van der Waals surface area contributed by atoms with Crippen LogP contribution in [0.4, 0.5) is 0 Å². The Morgan fingerprint density at radius 1 is 1.19 bits per heavy atom. The van der Waals surface area contributed by atoms with E-state index in [0.29, 0.717) is 13.0 Å². The molecule has 2 aliphatic heterocycles. The summed E-state index contributed by atoms with van der Waals surface area (Å²) < 4.78 is 7.85. The van der Waals surface area contributed by atoms with Crippen LogP contribution < -0.4 is 5.32 Å². The second-order valence-electron chi connectivity index (χ2n) is 7.45. The Hall–Kier alpha value is -2.59. The van der Waals surface area contributed by atoms with Gasteiger partial charge < -0.3 is 9.30 Å². The highest BCUT2D eigenvalue weighted by Crippen LogP contribution is 2.40. The number of nitrogens with zero attached hydrogens (tertiary/aromatic N) is 1. The van der Waals surface area contributed by atoms with Crippen molar-refractivity contribution >= 4 is 16.9 Å². The number of fused-ring (bicyclic) bond motifs is 3. The molecule has 3 heterocycles. The summed E-state index contributed by atoms with van der Waals surface area (Å²) in [5.74, 6) is -0.156. The average Bonchev–Trinajstić information content (AvgIpc) is 3.04. The van der Waals surface area contributed by atoms with E-state index in [9.17, 15) is 4.79 Å². The third-order valence-corrected chi connectivity index (χ3v) is 5.90. The molecule has 2 aliphatic rings. The Morgan fingerprint density at radius 3 is 2.85 bits per heavy atom. The van der Waals surface area contributed by atoms with Gasteiger partial charge in [-0.15, -0.1) is 0 Å². The summed E-state index contributed by atoms with van der Waals surface area (Å²) in [7, 11) is 0. The molecule has 0 fully saturated rings. The van der Waals surface area contributed by atoms with E-state index in [1.54, 1.807) is 0 Å². The van der Waals surface area contributed by atoms with E-state index >= 15 is 0 Å². The number of ether oxygens (including phenoxy) is 1. The van der Waals surface area contributed by atoms with Crippen LogP contribution in [0.1, 0.15) is 41.8 Å². The summed E-state index contributed by atoms with van der Waals surface area (Å²) in [6.45, 7) is 3.31. The average molecular weight is 360 g/mol. The fourth-order valence-corrected chi connectivity index (χ4v) is 4.82. The Kier molecular flexibility index (Phi) is 4.01. The molecular formula is C23H24N2O2. The molecule has 0 saturated heterocycles. The zero-order valence-corrected chi connectivity index (χ0v) is 15.6. The lowest BCUT2D eigenvalue weighted by atomic mass is 9.90. The molecule has 4 heteroatoms. The molecule has 2 aromatic carbocycles. The van der Waals surface area contributed by atoms with Crippen LogP contribution >= 0.6 is 0 Å². The van der Waals surface area contributed by atoms with E-state index in [1.165, 1.54) is 33.3 Å². The quantitative estimate of drug-likeness (QED) is 0.724. The Bertz CT molecular complexity index is 1010. The number of hydrogen-bond acceptors (Lipinski definition) is 3. The van der Waals surface area contributed by atoms with E-state index < -0.39 is 0 Å². The standard InChI is InChI=1S/C23H24N2O2/c1-2-27-23(26)19-14-18-17-12-6-10-16-11-7-13-25(21(16)17)22(18)20(24-19)15-8-4-3-5-9-15/h3-6,8-10,12,19-20,24H,2,7,11,13-14H2,1H3. The van der Waals surface area contributed by atoms with Crippen molar-refractivity contribution in [3.63, 3.8) is 0 Å². The van der Waals surface area contributed by atoms with Gasteiger partial charge >= 0.3 is 5.97 Å². The molecule has 1 aromatic heterocycles. The highest BCUT2D eigenvalue weighted by molar-refractivity contribution is 5.90. The molecule has 0 aliphatic carbocycles. The van der Waals surface area contributed by atoms with Crippen molar-refractivity contribution in [2.24, 2.45) is 0 Å². The number of aromatic nitrogens is 1. The minimum atomic E-state index is -0.314. The van der Waals surface area contributed by atoms with Gasteiger partial charge in [-0.2, -0.15) is 0 Å². The van der Waals surface area contributed by atoms with Gasteiger partial charge in [0, 0.05) is 24.0 Å². The lowest BCUT2D eigenvalue weighted by Crippen LogP contribution is -2.46. The van der Waals surface area contributed by atoms with Gasteiger partial charge in [0.15, 0.2) is 0 Å². The summed E-state index contributed by atoms with van der Waals surface area (Å²) >= 11 is 0. The zero-order chi connectivity index (χ0) is 18.4. The number of rotatable bonds is 3. The number of hydrogen-bond donors (Lipinski definition) is 1. The SMILES string of the molecule is CCOC(=O)C1Cc2c(n3c4c(cccc24)CCC3)C(c2ccccc2)N1. The van der Waals surface area contributed by atoms with Crippen molar-refractivity contribution in [1.29, 1.82) is 0 Å². The van der Waals surface area contributed by atoms with Crippen molar-refractivity contribution in [2.75, 3.05) is 6.61 Å². The highest BCUT2D eigenvalue weighted by Gasteiger charge is 2.37. The van der Waals surface area contributed by atoms with Gasteiger partial charge in [0.05, 0.1) is 18.2 Å². The second kappa shape index (κ2) is 6.54. The summed E-state index contributed by atoms with van der Waals surface area (Å²) in [6, 6.07) is 16.8. The lowest BCUT2D eigenvalue weighted by Gasteiger charge is -2.32. The number of benzene rings is 2. The molecule has 0 saturated carbocycles. The first-order valence-corrected chi connectivity index (χ1v) is 9.88. The third-order valence-electron chi connectivity index (χ3n) is 5.90. The van der Waals surface area contributed by atoms with E-state index in [-0.39, 0.29) is 18.1 Å². The Morgan fingerprint density at radius 2 is 2.04 bits per heavy atom. The minimum absolute atomic E-state index is 0.00251. The first-order valence-electron chi connectivity index (χ1n) is 9.88. The maximum atomic E-state index is 12.6. The molecule has 4 nitrogen and oxygen atoms in total. The second-order valence-corrected chi connectivity index (χ2v) is 7.45. The van der Waals surface area contributed by atoms with Crippen molar-refractivity contribution in [2.45, 2.75) is 44.8 Å². The molecule has 27 heavy (non-hydrogen) atoms. The van der Waals surface area contributed by atoms with Gasteiger partial charge in [0.25, 0.3) is 0 Å². The van der Waals surface area contributed by atoms with E-state index in [1.807, 2.05) is 13.0 Å². The molecule has 1 N–H and O–H groups in total. The van der Waals surface area contributed by atoms with Gasteiger partial charge in [-0.25, -0.2) is 0 Å². The normalized spacial score (nSPS) is 21.1. The monoisotopic (exact) mass is 360 g/mol. The molecule has 0 spiro atoms. The molecule has 3 aromatic rings. The van der Waals surface area contributed by atoms with Gasteiger partial charge in [-0.3, -0.25) is 10.1 Å². The van der Waals surface area contributed by atoms with Crippen molar-refractivity contribution < 1.29 is 9.53 Å². The van der Waals surface area contributed by atoms with Crippen LogP contribution in [0.25, 0.3) is 10.9 Å². The van der Waals surface area contributed by atoms with Crippen LogP contribution in [0.3, 0.4) is 0 Å². The smallest absolute Gasteiger partial charge is 0.323 e. The van der Waals surface area contributed by atoms with E-state index in [0.717, 1.165) is 19.4 Å². The van der Waals surface area contributed by atoms with Crippen molar-refractivity contribution in [3.8, 4) is 0 Å². The van der Waals surface area contributed by atoms with Gasteiger partial charge in [0.1, 0.15) is 6.04 Å².